The molecule has 3 rings (SSSR count). The maximum Gasteiger partial charge on any atom is 0.277 e. The highest BCUT2D eigenvalue weighted by Gasteiger charge is 2.10. The summed E-state index contributed by atoms with van der Waals surface area (Å²) in [7, 11) is 0. The second-order valence-corrected chi connectivity index (χ2v) is 7.15. The number of amides is 1. The van der Waals surface area contributed by atoms with Crippen molar-refractivity contribution in [1.29, 1.82) is 0 Å². The first-order chi connectivity index (χ1) is 13.9. The zero-order valence-electron chi connectivity index (χ0n) is 16.6. The molecule has 0 atom stereocenters. The molecule has 0 fully saturated rings. The minimum Gasteiger partial charge on any atom is -0.482 e. The van der Waals surface area contributed by atoms with Crippen LogP contribution in [0.2, 0.25) is 5.02 Å². The number of rotatable bonds is 7. The number of halogens is 1. The molecule has 0 spiro atoms. The third-order valence-corrected chi connectivity index (χ3v) is 4.78. The quantitative estimate of drug-likeness (QED) is 0.472. The molecule has 6 nitrogen and oxygen atoms in total. The summed E-state index contributed by atoms with van der Waals surface area (Å²) in [5.41, 5.74) is 7.57. The Hall–Kier alpha value is -3.12. The number of hydrogen-bond donors (Lipinski definition) is 1. The van der Waals surface area contributed by atoms with Crippen molar-refractivity contribution in [2.45, 2.75) is 27.3 Å². The molecule has 29 heavy (non-hydrogen) atoms. The van der Waals surface area contributed by atoms with Crippen LogP contribution in [-0.4, -0.2) is 28.5 Å². The van der Waals surface area contributed by atoms with E-state index in [1.54, 1.807) is 30.5 Å². The van der Waals surface area contributed by atoms with Gasteiger partial charge in [-0.25, -0.2) is 5.43 Å². The molecule has 7 heteroatoms. The SMILES string of the molecule is Cc1ccc(Cn2nc(C)c(/C=N\NC(=O)COc3ccccc3Cl)c2C)cc1. The van der Waals surface area contributed by atoms with Gasteiger partial charge in [0.2, 0.25) is 0 Å². The molecule has 2 aromatic carbocycles. The summed E-state index contributed by atoms with van der Waals surface area (Å²) >= 11 is 6.00. The van der Waals surface area contributed by atoms with Gasteiger partial charge in [-0.15, -0.1) is 0 Å². The normalized spacial score (nSPS) is 11.0. The number of hydrogen-bond acceptors (Lipinski definition) is 4. The minimum atomic E-state index is -0.372. The van der Waals surface area contributed by atoms with Gasteiger partial charge >= 0.3 is 0 Å². The van der Waals surface area contributed by atoms with Crippen LogP contribution >= 0.6 is 11.6 Å². The summed E-state index contributed by atoms with van der Waals surface area (Å²) in [5.74, 6) is 0.0842. The Kier molecular flexibility index (Phi) is 6.67. The summed E-state index contributed by atoms with van der Waals surface area (Å²) in [6.45, 7) is 6.47. The zero-order valence-corrected chi connectivity index (χ0v) is 17.4. The van der Waals surface area contributed by atoms with Crippen molar-refractivity contribution in [3.05, 3.63) is 81.6 Å². The first-order valence-electron chi connectivity index (χ1n) is 9.23. The van der Waals surface area contributed by atoms with Gasteiger partial charge < -0.3 is 4.74 Å². The third kappa shape index (κ3) is 5.45. The predicted molar refractivity (Wildman–Crippen MR) is 115 cm³/mol. The van der Waals surface area contributed by atoms with E-state index < -0.39 is 0 Å². The summed E-state index contributed by atoms with van der Waals surface area (Å²) < 4.78 is 7.33. The van der Waals surface area contributed by atoms with E-state index in [4.69, 9.17) is 16.3 Å². The second kappa shape index (κ2) is 9.39. The van der Waals surface area contributed by atoms with Crippen LogP contribution in [0.15, 0.2) is 53.6 Å². The van der Waals surface area contributed by atoms with Crippen LogP contribution in [0.4, 0.5) is 0 Å². The first kappa shape index (κ1) is 20.6. The summed E-state index contributed by atoms with van der Waals surface area (Å²) in [4.78, 5) is 11.9. The lowest BCUT2D eigenvalue weighted by Gasteiger charge is -2.06. The fraction of sp³-hybridized carbons (Fsp3) is 0.227. The van der Waals surface area contributed by atoms with E-state index in [9.17, 15) is 4.79 Å². The standard InChI is InChI=1S/C22H23ClN4O2/c1-15-8-10-18(11-9-15)13-27-17(3)19(16(2)26-27)12-24-25-22(28)14-29-21-7-5-4-6-20(21)23/h4-12H,13-14H2,1-3H3,(H,25,28)/b24-12-. The molecule has 0 aliphatic carbocycles. The van der Waals surface area contributed by atoms with Crippen LogP contribution in [0.5, 0.6) is 5.75 Å². The van der Waals surface area contributed by atoms with Gasteiger partial charge in [-0.1, -0.05) is 53.6 Å². The Bertz CT molecular complexity index is 1030. The largest absolute Gasteiger partial charge is 0.482 e. The average molecular weight is 411 g/mol. The van der Waals surface area contributed by atoms with Gasteiger partial charge in [-0.2, -0.15) is 10.2 Å². The van der Waals surface area contributed by atoms with Crippen LogP contribution < -0.4 is 10.2 Å². The topological polar surface area (TPSA) is 68.5 Å². The van der Waals surface area contributed by atoms with E-state index in [1.165, 1.54) is 11.1 Å². The van der Waals surface area contributed by atoms with Crippen molar-refractivity contribution < 1.29 is 9.53 Å². The summed E-state index contributed by atoms with van der Waals surface area (Å²) in [5, 5.41) is 9.08. The number of nitrogens with zero attached hydrogens (tertiary/aromatic N) is 3. The molecule has 0 radical (unpaired) electrons. The van der Waals surface area contributed by atoms with E-state index in [0.717, 1.165) is 17.0 Å². The molecule has 0 aliphatic heterocycles. The number of hydrazone groups is 1. The molecule has 1 N–H and O–H groups in total. The van der Waals surface area contributed by atoms with Crippen LogP contribution in [0.1, 0.15) is 28.1 Å². The smallest absolute Gasteiger partial charge is 0.277 e. The van der Waals surface area contributed by atoms with E-state index >= 15 is 0 Å². The number of carbonyl (C=O) groups is 1. The Morgan fingerprint density at radius 1 is 1.17 bits per heavy atom. The lowest BCUT2D eigenvalue weighted by molar-refractivity contribution is -0.123. The maximum atomic E-state index is 11.9. The lowest BCUT2D eigenvalue weighted by Crippen LogP contribution is -2.24. The van der Waals surface area contributed by atoms with Crippen LogP contribution in [0.3, 0.4) is 0 Å². The Balaban J connectivity index is 1.58. The van der Waals surface area contributed by atoms with Gasteiger partial charge in [-0.05, 0) is 38.5 Å². The van der Waals surface area contributed by atoms with E-state index in [0.29, 0.717) is 17.3 Å². The third-order valence-electron chi connectivity index (χ3n) is 4.47. The molecule has 0 aliphatic rings. The Morgan fingerprint density at radius 3 is 2.62 bits per heavy atom. The number of carbonyl (C=O) groups excluding carboxylic acids is 1. The van der Waals surface area contributed by atoms with Gasteiger partial charge in [0.25, 0.3) is 5.91 Å². The predicted octanol–water partition coefficient (Wildman–Crippen LogP) is 4.04. The number of nitrogens with one attached hydrogen (secondary N) is 1. The molecule has 1 amide bonds. The van der Waals surface area contributed by atoms with Gasteiger partial charge in [-0.3, -0.25) is 9.48 Å². The van der Waals surface area contributed by atoms with Gasteiger partial charge in [0, 0.05) is 11.3 Å². The van der Waals surface area contributed by atoms with E-state index in [1.807, 2.05) is 18.5 Å². The molecule has 150 valence electrons. The molecular weight excluding hydrogens is 388 g/mol. The molecule has 1 heterocycles. The van der Waals surface area contributed by atoms with Crippen LogP contribution in [0.25, 0.3) is 0 Å². The van der Waals surface area contributed by atoms with Crippen molar-refractivity contribution in [1.82, 2.24) is 15.2 Å². The second-order valence-electron chi connectivity index (χ2n) is 6.74. The highest BCUT2D eigenvalue weighted by Crippen LogP contribution is 2.22. The Morgan fingerprint density at radius 2 is 1.90 bits per heavy atom. The fourth-order valence-corrected chi connectivity index (χ4v) is 3.01. The number of benzene rings is 2. The van der Waals surface area contributed by atoms with Crippen molar-refractivity contribution in [3.8, 4) is 5.75 Å². The van der Waals surface area contributed by atoms with Gasteiger partial charge in [0.1, 0.15) is 5.75 Å². The molecular formula is C22H23ClN4O2. The number of aromatic nitrogens is 2. The van der Waals surface area contributed by atoms with Gasteiger partial charge in [0.05, 0.1) is 23.5 Å². The molecule has 0 bridgehead atoms. The summed E-state index contributed by atoms with van der Waals surface area (Å²) in [6.07, 6.45) is 1.61. The number of ether oxygens (including phenoxy) is 1. The van der Waals surface area contributed by atoms with Crippen molar-refractivity contribution in [2.24, 2.45) is 5.10 Å². The van der Waals surface area contributed by atoms with Gasteiger partial charge in [0.15, 0.2) is 6.61 Å². The average Bonchev–Trinajstić information content (AvgIpc) is 2.96. The highest BCUT2D eigenvalue weighted by molar-refractivity contribution is 6.32. The summed E-state index contributed by atoms with van der Waals surface area (Å²) in [6, 6.07) is 15.4. The van der Waals surface area contributed by atoms with Crippen LogP contribution in [0, 0.1) is 20.8 Å². The fourth-order valence-electron chi connectivity index (χ4n) is 2.82. The molecule has 0 unspecified atom stereocenters. The van der Waals surface area contributed by atoms with Crippen LogP contribution in [-0.2, 0) is 11.3 Å². The molecule has 1 aromatic heterocycles. The lowest BCUT2D eigenvalue weighted by atomic mass is 10.1. The van der Waals surface area contributed by atoms with Crippen molar-refractivity contribution in [3.63, 3.8) is 0 Å². The van der Waals surface area contributed by atoms with E-state index in [2.05, 4.69) is 46.8 Å². The van der Waals surface area contributed by atoms with E-state index in [-0.39, 0.29) is 12.5 Å². The van der Waals surface area contributed by atoms with Crippen molar-refractivity contribution >= 4 is 23.7 Å². The zero-order chi connectivity index (χ0) is 20.8. The molecule has 3 aromatic rings. The number of para-hydroxylation sites is 1. The molecule has 0 saturated carbocycles. The van der Waals surface area contributed by atoms with Crippen molar-refractivity contribution in [2.75, 3.05) is 6.61 Å². The first-order valence-corrected chi connectivity index (χ1v) is 9.60. The number of aryl methyl sites for hydroxylation is 2. The Labute approximate surface area is 175 Å². The highest BCUT2D eigenvalue weighted by atomic mass is 35.5. The minimum absolute atomic E-state index is 0.175. The maximum absolute atomic E-state index is 11.9. The molecule has 0 saturated heterocycles. The monoisotopic (exact) mass is 410 g/mol.